The molecule has 4 unspecified atom stereocenters. The number of pyridine rings is 1. The van der Waals surface area contributed by atoms with Crippen LogP contribution in [0.3, 0.4) is 0 Å². The number of amides is 1. The number of morpholine rings is 1. The highest BCUT2D eigenvalue weighted by molar-refractivity contribution is 6.45. The molecule has 4 atom stereocenters. The zero-order valence-electron chi connectivity index (χ0n) is 58.0. The minimum Gasteiger partial charge on any atom is -0.507 e. The van der Waals surface area contributed by atoms with Gasteiger partial charge < -0.3 is 84.2 Å². The Morgan fingerprint density at radius 2 is 0.941 bits per heavy atom. The van der Waals surface area contributed by atoms with Crippen molar-refractivity contribution >= 4 is 63.3 Å². The fourth-order valence-corrected chi connectivity index (χ4v) is 11.9. The Balaban J connectivity index is 0.000000192. The number of Topliss-reactive ketones (excluding diaryl/α,β-unsaturated/α-hetero) is 4. The van der Waals surface area contributed by atoms with E-state index in [0.717, 1.165) is 18.9 Å². The maximum Gasteiger partial charge on any atom is 0.455 e. The van der Waals surface area contributed by atoms with Gasteiger partial charge in [-0.3, -0.25) is 24.0 Å². The van der Waals surface area contributed by atoms with Gasteiger partial charge in [0, 0.05) is 124 Å². The number of aromatic hydroxyl groups is 4. The molecule has 0 radical (unpaired) electrons. The van der Waals surface area contributed by atoms with Crippen LogP contribution in [0.5, 0.6) is 23.0 Å². The molecule has 30 heteroatoms. The van der Waals surface area contributed by atoms with E-state index in [2.05, 4.69) is 25.2 Å². The average molecular weight is 1400 g/mol. The molecule has 5 aromatic carbocycles. The van der Waals surface area contributed by atoms with Crippen LogP contribution < -0.4 is 4.90 Å². The van der Waals surface area contributed by atoms with Crippen LogP contribution in [0.15, 0.2) is 137 Å². The number of benzene rings is 5. The smallest absolute Gasteiger partial charge is 0.455 e. The number of nitrogens with zero attached hydrogens (tertiary/aromatic N) is 6. The highest BCUT2D eigenvalue weighted by Crippen LogP contribution is 2.35. The summed E-state index contributed by atoms with van der Waals surface area (Å²) in [6.45, 7) is 14.2. The number of hydrogen-bond acceptors (Lipinski definition) is 25. The van der Waals surface area contributed by atoms with E-state index in [-0.39, 0.29) is 115 Å². The van der Waals surface area contributed by atoms with Crippen molar-refractivity contribution in [3.8, 4) is 34.4 Å². The maximum absolute atomic E-state index is 12.7. The van der Waals surface area contributed by atoms with Gasteiger partial charge in [-0.2, -0.15) is 4.98 Å². The number of rotatable bonds is 26. The number of ketones is 4. The minimum absolute atomic E-state index is 0.00607. The van der Waals surface area contributed by atoms with Gasteiger partial charge in [0.1, 0.15) is 34.6 Å². The Morgan fingerprint density at radius 3 is 1.33 bits per heavy atom. The lowest BCUT2D eigenvalue weighted by molar-refractivity contribution is -0.133. The molecule has 26 nitrogen and oxygen atoms in total. The fourth-order valence-electron chi connectivity index (χ4n) is 11.9. The lowest BCUT2D eigenvalue weighted by atomic mass is 9.66. The third-order valence-electron chi connectivity index (χ3n) is 18.2. The molecule has 3 aromatic heterocycles. The minimum atomic E-state index is -1.69. The van der Waals surface area contributed by atoms with E-state index in [1.165, 1.54) is 25.4 Å². The molecular weight excluding hydrogens is 1310 g/mol. The molecule has 5 heterocycles. The number of aryl methyl sites for hydroxylation is 5. The lowest BCUT2D eigenvalue weighted by Crippen LogP contribution is -2.39. The number of hydrogen-bond donors (Lipinski definition) is 12. The van der Waals surface area contributed by atoms with Gasteiger partial charge in [0.05, 0.1) is 19.4 Å². The Bertz CT molecular complexity index is 4050. The number of carbonyl (C=O) groups excluding carboxylic acids is 5. The van der Waals surface area contributed by atoms with Crippen LogP contribution in [0.2, 0.25) is 23.3 Å². The average Bonchev–Trinajstić information content (AvgIpc) is 1.04. The molecule has 2 saturated heterocycles. The molecule has 0 bridgehead atoms. The third-order valence-corrected chi connectivity index (χ3v) is 18.2. The van der Waals surface area contributed by atoms with Gasteiger partial charge in [-0.05, 0) is 129 Å². The van der Waals surface area contributed by atoms with Crippen molar-refractivity contribution in [2.45, 2.75) is 129 Å². The van der Waals surface area contributed by atoms with Gasteiger partial charge in [0.25, 0.3) is 0 Å². The summed E-state index contributed by atoms with van der Waals surface area (Å²) < 4.78 is 15.0. The predicted octanol–water partition coefficient (Wildman–Crippen LogP) is 6.96. The Hall–Kier alpha value is -9.35. The number of ether oxygens (including phenoxy) is 1. The van der Waals surface area contributed by atoms with Crippen molar-refractivity contribution in [2.24, 2.45) is 5.92 Å². The number of aromatic nitrogens is 4. The number of para-hydroxylation sites is 4. The summed E-state index contributed by atoms with van der Waals surface area (Å²) in [4.78, 5) is 73.6. The second-order valence-electron chi connectivity index (χ2n) is 25.8. The summed E-state index contributed by atoms with van der Waals surface area (Å²) in [7, 11) is -6.64. The number of phenols is 4. The lowest BCUT2D eigenvalue weighted by Gasteiger charge is -2.31. The molecule has 0 saturated carbocycles. The SMILES string of the molecule is CC(=O)N1CCC(C(=O)CC(Cc2cccc(C)c2O)B(O)O)CC1.Cc1cccc(CC(CC(=O)c2ccc(N3CCOCC3)nc2)B(O)O)c1O.Cc1cccc(CC(CC(=O)c2ccno2)B(O)O)c1O.Cc1nc(-c2cccc(C(=O)CC(Cc3cccc(C)c3O)B(O)O)c2)no1. The Kier molecular flexibility index (Phi) is 30.3. The van der Waals surface area contributed by atoms with E-state index in [9.17, 15) is 84.6 Å². The largest absolute Gasteiger partial charge is 0.507 e. The summed E-state index contributed by atoms with van der Waals surface area (Å²) in [6, 6.07) is 32.8. The first-order valence-electron chi connectivity index (χ1n) is 33.6. The molecule has 1 amide bonds. The van der Waals surface area contributed by atoms with Crippen molar-refractivity contribution in [1.82, 2.24) is 25.2 Å². The van der Waals surface area contributed by atoms with E-state index >= 15 is 0 Å². The quantitative estimate of drug-likeness (QED) is 0.0192. The van der Waals surface area contributed by atoms with Gasteiger partial charge in [-0.15, -0.1) is 0 Å². The van der Waals surface area contributed by atoms with E-state index in [1.54, 1.807) is 149 Å². The third kappa shape index (κ3) is 23.3. The molecule has 8 aromatic rings. The van der Waals surface area contributed by atoms with Crippen LogP contribution in [0.25, 0.3) is 11.4 Å². The topological polar surface area (TPSA) is 422 Å². The first-order valence-corrected chi connectivity index (χ1v) is 33.6. The van der Waals surface area contributed by atoms with E-state index in [4.69, 9.17) is 13.8 Å². The predicted molar refractivity (Wildman–Crippen MR) is 382 cm³/mol. The van der Waals surface area contributed by atoms with Crippen molar-refractivity contribution in [3.63, 3.8) is 0 Å². The highest BCUT2D eigenvalue weighted by atomic mass is 16.5. The molecule has 0 spiro atoms. The van der Waals surface area contributed by atoms with E-state index in [0.29, 0.717) is 112 Å². The molecule has 538 valence electrons. The number of anilines is 1. The number of phenolic OH excluding ortho intramolecular Hbond substituents is 4. The molecule has 2 aliphatic rings. The summed E-state index contributed by atoms with van der Waals surface area (Å²) >= 11 is 0. The summed E-state index contributed by atoms with van der Waals surface area (Å²) in [6.07, 6.45) is 4.66. The van der Waals surface area contributed by atoms with Crippen LogP contribution >= 0.6 is 0 Å². The molecule has 10 rings (SSSR count). The van der Waals surface area contributed by atoms with Crippen LogP contribution in [0.1, 0.15) is 127 Å². The molecule has 12 N–H and O–H groups in total. The number of piperidine rings is 1. The van der Waals surface area contributed by atoms with Gasteiger partial charge in [0.2, 0.25) is 29.2 Å². The van der Waals surface area contributed by atoms with Gasteiger partial charge in [-0.25, -0.2) is 4.98 Å². The second-order valence-corrected chi connectivity index (χ2v) is 25.8. The molecule has 2 aliphatic heterocycles. The number of likely N-dealkylation sites (tertiary alicyclic amines) is 1. The van der Waals surface area contributed by atoms with Gasteiger partial charge in [-0.1, -0.05) is 101 Å². The van der Waals surface area contributed by atoms with Gasteiger partial charge >= 0.3 is 28.5 Å². The normalized spacial score (nSPS) is 14.1. The zero-order valence-corrected chi connectivity index (χ0v) is 58.0. The molecule has 0 aliphatic carbocycles. The van der Waals surface area contributed by atoms with Crippen molar-refractivity contribution in [3.05, 3.63) is 195 Å². The molecule has 2 fully saturated rings. The summed E-state index contributed by atoms with van der Waals surface area (Å²) in [5.74, 6) is -1.69. The van der Waals surface area contributed by atoms with Crippen LogP contribution in [0, 0.1) is 40.5 Å². The van der Waals surface area contributed by atoms with Crippen LogP contribution in [0.4, 0.5) is 5.82 Å². The standard InChI is InChI=1S/C20H21BN2O5.C20H25BN2O5.C18H26BNO5.C14H16BNO5/c1-12-5-3-7-15(19(12)25)10-17(21(26)27)11-18(24)14-6-4-8-16(9-14)20-22-13(2)28-23-20;1-14-3-2-4-15(20(14)25)11-17(21(26)27)12-18(24)16-5-6-19(22-13-16)23-7-9-28-10-8-23;1-12-4-3-5-15(18(12)23)10-16(19(24)25)11-17(22)14-6-8-20(9-7-14)13(2)21;1-9-3-2-4-10(14(9)18)7-11(15(19)20)8-12(17)13-5-6-16-21-13/h3-9,17,25-27H,10-11H2,1-2H3;2-6,13,17,25-27H,7-12H2,1H3;3-5,14,16,23-25H,6-11H2,1-2H3;2-6,11,18-20H,7-8H2,1H3. The second kappa shape index (κ2) is 38.6. The van der Waals surface area contributed by atoms with Crippen molar-refractivity contribution in [2.75, 3.05) is 44.3 Å². The fraction of sp³-hybridized carbons (Fsp3) is 0.375. The highest BCUT2D eigenvalue weighted by Gasteiger charge is 2.34. The van der Waals surface area contributed by atoms with Crippen molar-refractivity contribution in [1.29, 1.82) is 0 Å². The zero-order chi connectivity index (χ0) is 74.3. The summed E-state index contributed by atoms with van der Waals surface area (Å²) in [5.41, 5.74) is 6.63. The Morgan fingerprint density at radius 1 is 0.510 bits per heavy atom. The van der Waals surface area contributed by atoms with E-state index < -0.39 is 51.7 Å². The van der Waals surface area contributed by atoms with E-state index in [1.807, 2.05) is 0 Å². The maximum atomic E-state index is 12.7. The Labute approximate surface area is 592 Å². The van der Waals surface area contributed by atoms with Crippen LogP contribution in [-0.4, -0.2) is 183 Å². The molecule has 102 heavy (non-hydrogen) atoms. The summed E-state index contributed by atoms with van der Waals surface area (Å²) in [5, 5.41) is 125. The van der Waals surface area contributed by atoms with Gasteiger partial charge in [0.15, 0.2) is 11.6 Å². The first-order chi connectivity index (χ1) is 48.6. The molecular formula is C72H88B4N6O20. The monoisotopic (exact) mass is 1400 g/mol. The van der Waals surface area contributed by atoms with Crippen LogP contribution in [-0.2, 0) is 40.0 Å². The first kappa shape index (κ1) is 80.0. The number of carbonyl (C=O) groups is 5. The van der Waals surface area contributed by atoms with Crippen molar-refractivity contribution < 1.29 is 98.4 Å².